The van der Waals surface area contributed by atoms with Crippen molar-refractivity contribution >= 4 is 22.6 Å². The van der Waals surface area contributed by atoms with Gasteiger partial charge < -0.3 is 10.6 Å². The lowest BCUT2D eigenvalue weighted by Gasteiger charge is -2.15. The highest BCUT2D eigenvalue weighted by atomic mass is 16.2. The van der Waals surface area contributed by atoms with E-state index in [1.165, 1.54) is 0 Å². The van der Waals surface area contributed by atoms with Crippen molar-refractivity contribution in [3.05, 3.63) is 40.3 Å². The first-order valence-corrected chi connectivity index (χ1v) is 7.92. The zero-order chi connectivity index (χ0) is 17.7. The van der Waals surface area contributed by atoms with E-state index in [-0.39, 0.29) is 23.8 Å². The van der Waals surface area contributed by atoms with Crippen LogP contribution in [0, 0.1) is 5.92 Å². The molecule has 2 rings (SSSR count). The Labute approximate surface area is 139 Å². The molecule has 2 amide bonds. The Hall–Kier alpha value is -2.70. The van der Waals surface area contributed by atoms with Gasteiger partial charge in [0.05, 0.1) is 17.5 Å². The second-order valence-electron chi connectivity index (χ2n) is 6.15. The van der Waals surface area contributed by atoms with Crippen molar-refractivity contribution < 1.29 is 9.59 Å². The summed E-state index contributed by atoms with van der Waals surface area (Å²) in [7, 11) is 0. The van der Waals surface area contributed by atoms with E-state index in [1.54, 1.807) is 31.2 Å². The van der Waals surface area contributed by atoms with Gasteiger partial charge in [0, 0.05) is 11.9 Å². The lowest BCUT2D eigenvalue weighted by Crippen LogP contribution is -2.46. The molecule has 0 aliphatic heterocycles. The van der Waals surface area contributed by atoms with Gasteiger partial charge in [-0.3, -0.25) is 14.4 Å². The van der Waals surface area contributed by atoms with Gasteiger partial charge in [-0.1, -0.05) is 32.0 Å². The van der Waals surface area contributed by atoms with Crippen LogP contribution < -0.4 is 16.2 Å². The van der Waals surface area contributed by atoms with Crippen LogP contribution in [0.15, 0.2) is 29.1 Å². The van der Waals surface area contributed by atoms with Gasteiger partial charge in [0.25, 0.3) is 5.56 Å². The molecule has 0 saturated carbocycles. The van der Waals surface area contributed by atoms with E-state index in [1.807, 2.05) is 13.8 Å². The third kappa shape index (κ3) is 4.41. The lowest BCUT2D eigenvalue weighted by atomic mass is 10.1. The molecule has 1 atom stereocenters. The molecule has 0 fully saturated rings. The number of nitrogens with zero attached hydrogens (tertiary/aromatic N) is 1. The maximum absolute atomic E-state index is 12.2. The molecule has 1 aromatic carbocycles. The van der Waals surface area contributed by atoms with Crippen LogP contribution in [0.25, 0.3) is 10.8 Å². The fraction of sp³-hybridized carbons (Fsp3) is 0.412. The molecule has 24 heavy (non-hydrogen) atoms. The third-order valence-corrected chi connectivity index (χ3v) is 3.56. The molecule has 7 heteroatoms. The zero-order valence-electron chi connectivity index (χ0n) is 14.1. The van der Waals surface area contributed by atoms with Crippen molar-refractivity contribution in [2.45, 2.75) is 33.2 Å². The average Bonchev–Trinajstić information content (AvgIpc) is 2.55. The molecule has 0 saturated heterocycles. The summed E-state index contributed by atoms with van der Waals surface area (Å²) in [5.74, 6) is -0.211. The smallest absolute Gasteiger partial charge is 0.272 e. The maximum Gasteiger partial charge on any atom is 0.272 e. The van der Waals surface area contributed by atoms with E-state index >= 15 is 0 Å². The quantitative estimate of drug-likeness (QED) is 0.727. The highest BCUT2D eigenvalue weighted by molar-refractivity contribution is 5.91. The molecule has 2 aromatic rings. The summed E-state index contributed by atoms with van der Waals surface area (Å²) in [6, 6.07) is 6.33. The summed E-state index contributed by atoms with van der Waals surface area (Å²) in [6.45, 7) is 6.18. The van der Waals surface area contributed by atoms with Gasteiger partial charge in [-0.2, -0.15) is 5.10 Å². The number of fused-ring (bicyclic) bond motifs is 1. The number of benzene rings is 1. The molecule has 0 aliphatic rings. The van der Waals surface area contributed by atoms with Crippen LogP contribution in [0.1, 0.15) is 26.5 Å². The van der Waals surface area contributed by atoms with Crippen molar-refractivity contribution in [1.82, 2.24) is 20.8 Å². The van der Waals surface area contributed by atoms with Gasteiger partial charge in [-0.25, -0.2) is 5.10 Å². The minimum absolute atomic E-state index is 0.0148. The Bertz CT molecular complexity index is 798. The van der Waals surface area contributed by atoms with E-state index in [9.17, 15) is 14.4 Å². The van der Waals surface area contributed by atoms with E-state index in [4.69, 9.17) is 0 Å². The largest absolute Gasteiger partial charge is 0.354 e. The fourth-order valence-corrected chi connectivity index (χ4v) is 2.27. The first kappa shape index (κ1) is 17.7. The van der Waals surface area contributed by atoms with E-state index in [0.717, 1.165) is 0 Å². The molecule has 7 nitrogen and oxygen atoms in total. The number of hydrogen-bond acceptors (Lipinski definition) is 4. The number of hydrogen-bond donors (Lipinski definition) is 3. The Morgan fingerprint density at radius 2 is 1.83 bits per heavy atom. The van der Waals surface area contributed by atoms with Crippen molar-refractivity contribution in [3.63, 3.8) is 0 Å². The van der Waals surface area contributed by atoms with Gasteiger partial charge >= 0.3 is 0 Å². The predicted molar refractivity (Wildman–Crippen MR) is 91.5 cm³/mol. The molecule has 1 heterocycles. The van der Waals surface area contributed by atoms with Crippen molar-refractivity contribution in [2.24, 2.45) is 5.92 Å². The van der Waals surface area contributed by atoms with Gasteiger partial charge in [0.1, 0.15) is 6.04 Å². The average molecular weight is 330 g/mol. The zero-order valence-corrected chi connectivity index (χ0v) is 14.1. The second-order valence-corrected chi connectivity index (χ2v) is 6.15. The van der Waals surface area contributed by atoms with Crippen LogP contribution in [0.2, 0.25) is 0 Å². The molecule has 0 aliphatic carbocycles. The van der Waals surface area contributed by atoms with Gasteiger partial charge in [0.2, 0.25) is 11.8 Å². The second kappa shape index (κ2) is 7.72. The van der Waals surface area contributed by atoms with Crippen LogP contribution in [-0.4, -0.2) is 34.6 Å². The fourth-order valence-electron chi connectivity index (χ4n) is 2.27. The molecular formula is C17H22N4O3. The molecule has 0 spiro atoms. The van der Waals surface area contributed by atoms with Crippen molar-refractivity contribution in [1.29, 1.82) is 0 Å². The summed E-state index contributed by atoms with van der Waals surface area (Å²) in [5, 5.41) is 12.9. The normalized spacial score (nSPS) is 12.2. The SMILES string of the molecule is CC(C)CNC(=O)C(C)NC(=O)Cc1n[nH]c(=O)c2ccccc12. The van der Waals surface area contributed by atoms with Crippen molar-refractivity contribution in [2.75, 3.05) is 6.54 Å². The Kier molecular flexibility index (Phi) is 5.68. The van der Waals surface area contributed by atoms with Crippen molar-refractivity contribution in [3.8, 4) is 0 Å². The standard InChI is InChI=1S/C17H22N4O3/c1-10(2)9-18-16(23)11(3)19-15(22)8-14-12-6-4-5-7-13(12)17(24)21-20-14/h4-7,10-11H,8-9H2,1-3H3,(H,18,23)(H,19,22)(H,21,24). The minimum atomic E-state index is -0.634. The van der Waals surface area contributed by atoms with E-state index < -0.39 is 6.04 Å². The highest BCUT2D eigenvalue weighted by Crippen LogP contribution is 2.12. The van der Waals surface area contributed by atoms with Gasteiger partial charge in [-0.15, -0.1) is 0 Å². The number of nitrogens with one attached hydrogen (secondary N) is 3. The van der Waals surface area contributed by atoms with Crippen LogP contribution in [0.4, 0.5) is 0 Å². The topological polar surface area (TPSA) is 104 Å². The number of amides is 2. The van der Waals surface area contributed by atoms with Crippen LogP contribution >= 0.6 is 0 Å². The minimum Gasteiger partial charge on any atom is -0.354 e. The molecule has 0 radical (unpaired) electrons. The summed E-state index contributed by atoms with van der Waals surface area (Å²) in [6.07, 6.45) is -0.0148. The first-order valence-electron chi connectivity index (χ1n) is 7.92. The highest BCUT2D eigenvalue weighted by Gasteiger charge is 2.17. The Balaban J connectivity index is 2.04. The van der Waals surface area contributed by atoms with Gasteiger partial charge in [-0.05, 0) is 18.9 Å². The monoisotopic (exact) mass is 330 g/mol. The van der Waals surface area contributed by atoms with Crippen LogP contribution in [0.5, 0.6) is 0 Å². The Morgan fingerprint density at radius 1 is 1.17 bits per heavy atom. The number of carbonyl (C=O) groups is 2. The molecule has 1 unspecified atom stereocenters. The summed E-state index contributed by atoms with van der Waals surface area (Å²) >= 11 is 0. The number of H-pyrrole nitrogens is 1. The number of aromatic nitrogens is 2. The molecular weight excluding hydrogens is 308 g/mol. The van der Waals surface area contributed by atoms with Crippen LogP contribution in [-0.2, 0) is 16.0 Å². The Morgan fingerprint density at radius 3 is 2.50 bits per heavy atom. The summed E-state index contributed by atoms with van der Waals surface area (Å²) in [5.41, 5.74) is 0.175. The predicted octanol–water partition coefficient (Wildman–Crippen LogP) is 0.743. The number of carbonyl (C=O) groups excluding carboxylic acids is 2. The molecule has 1 aromatic heterocycles. The van der Waals surface area contributed by atoms with E-state index in [0.29, 0.717) is 28.9 Å². The number of rotatable bonds is 6. The van der Waals surface area contributed by atoms with E-state index in [2.05, 4.69) is 20.8 Å². The maximum atomic E-state index is 12.2. The lowest BCUT2D eigenvalue weighted by molar-refractivity contribution is -0.128. The molecule has 0 bridgehead atoms. The molecule has 3 N–H and O–H groups in total. The molecule has 128 valence electrons. The third-order valence-electron chi connectivity index (χ3n) is 3.56. The van der Waals surface area contributed by atoms with Gasteiger partial charge in [0.15, 0.2) is 0 Å². The summed E-state index contributed by atoms with van der Waals surface area (Å²) in [4.78, 5) is 35.8. The first-order chi connectivity index (χ1) is 11.4. The summed E-state index contributed by atoms with van der Waals surface area (Å²) < 4.78 is 0. The number of aromatic amines is 1. The van der Waals surface area contributed by atoms with Crippen LogP contribution in [0.3, 0.4) is 0 Å².